The van der Waals surface area contributed by atoms with Crippen molar-refractivity contribution in [3.05, 3.63) is 58.9 Å². The molecule has 0 saturated carbocycles. The van der Waals surface area contributed by atoms with Gasteiger partial charge in [0, 0.05) is 5.56 Å². The van der Waals surface area contributed by atoms with E-state index in [-0.39, 0.29) is 23.3 Å². The molecule has 0 aliphatic rings. The molecule has 0 aliphatic heterocycles. The summed E-state index contributed by atoms with van der Waals surface area (Å²) >= 11 is 0. The highest BCUT2D eigenvalue weighted by atomic mass is 19.4. The Kier molecular flexibility index (Phi) is 5.97. The van der Waals surface area contributed by atoms with Gasteiger partial charge in [-0.1, -0.05) is 17.3 Å². The van der Waals surface area contributed by atoms with Gasteiger partial charge in [-0.05, 0) is 39.1 Å². The van der Waals surface area contributed by atoms with Crippen LogP contribution in [0.5, 0.6) is 0 Å². The fourth-order valence-electron chi connectivity index (χ4n) is 2.86. The Morgan fingerprint density at radius 3 is 2.70 bits per heavy atom. The lowest BCUT2D eigenvalue weighted by Crippen LogP contribution is -2.22. The predicted octanol–water partition coefficient (Wildman–Crippen LogP) is 4.64. The first kappa shape index (κ1) is 21.6. The first-order valence-corrected chi connectivity index (χ1v) is 8.99. The zero-order valence-corrected chi connectivity index (χ0v) is 16.8. The van der Waals surface area contributed by atoms with Crippen molar-refractivity contribution in [3.63, 3.8) is 0 Å². The molecule has 1 unspecified atom stereocenters. The number of rotatable bonds is 6. The van der Waals surface area contributed by atoms with E-state index in [2.05, 4.69) is 10.1 Å². The van der Waals surface area contributed by atoms with Crippen LogP contribution in [0, 0.1) is 6.92 Å². The van der Waals surface area contributed by atoms with Crippen LogP contribution >= 0.6 is 0 Å². The third-order valence-electron chi connectivity index (χ3n) is 4.69. The molecule has 0 fully saturated rings. The molecule has 1 aromatic carbocycles. The first-order chi connectivity index (χ1) is 14.1. The number of furan rings is 1. The van der Waals surface area contributed by atoms with E-state index in [0.717, 1.165) is 12.1 Å². The van der Waals surface area contributed by atoms with E-state index in [1.54, 1.807) is 27.0 Å². The molecule has 0 bridgehead atoms. The summed E-state index contributed by atoms with van der Waals surface area (Å²) in [4.78, 5) is 17.8. The van der Waals surface area contributed by atoms with E-state index in [9.17, 15) is 18.0 Å². The molecule has 0 N–H and O–H groups in total. The van der Waals surface area contributed by atoms with Crippen molar-refractivity contribution >= 4 is 5.97 Å². The van der Waals surface area contributed by atoms with Crippen molar-refractivity contribution in [3.8, 4) is 11.4 Å². The van der Waals surface area contributed by atoms with Gasteiger partial charge < -0.3 is 13.7 Å². The zero-order valence-electron chi connectivity index (χ0n) is 16.8. The van der Waals surface area contributed by atoms with E-state index in [0.29, 0.717) is 23.6 Å². The Balaban J connectivity index is 1.75. The first-order valence-electron chi connectivity index (χ1n) is 8.99. The maximum absolute atomic E-state index is 12.9. The molecule has 7 nitrogen and oxygen atoms in total. The Bertz CT molecular complexity index is 1040. The van der Waals surface area contributed by atoms with Crippen LogP contribution in [-0.2, 0) is 17.5 Å². The minimum Gasteiger partial charge on any atom is -0.465 e. The van der Waals surface area contributed by atoms with Crippen molar-refractivity contribution in [2.75, 3.05) is 14.2 Å². The lowest BCUT2D eigenvalue weighted by molar-refractivity contribution is -0.137. The third kappa shape index (κ3) is 4.54. The summed E-state index contributed by atoms with van der Waals surface area (Å²) < 4.78 is 54.3. The Morgan fingerprint density at radius 1 is 1.30 bits per heavy atom. The van der Waals surface area contributed by atoms with Gasteiger partial charge in [0.25, 0.3) is 0 Å². The minimum atomic E-state index is -4.46. The molecular formula is C20H20F3N3O4. The predicted molar refractivity (Wildman–Crippen MR) is 99.4 cm³/mol. The summed E-state index contributed by atoms with van der Waals surface area (Å²) in [6.45, 7) is 3.80. The van der Waals surface area contributed by atoms with Crippen LogP contribution in [-0.4, -0.2) is 35.2 Å². The van der Waals surface area contributed by atoms with Gasteiger partial charge in [-0.3, -0.25) is 4.90 Å². The molecule has 30 heavy (non-hydrogen) atoms. The van der Waals surface area contributed by atoms with Crippen LogP contribution in [0.4, 0.5) is 13.2 Å². The lowest BCUT2D eigenvalue weighted by Gasteiger charge is -2.20. The van der Waals surface area contributed by atoms with E-state index < -0.39 is 17.7 Å². The van der Waals surface area contributed by atoms with Gasteiger partial charge >= 0.3 is 12.1 Å². The quantitative estimate of drug-likeness (QED) is 0.535. The van der Waals surface area contributed by atoms with Gasteiger partial charge in [-0.15, -0.1) is 0 Å². The van der Waals surface area contributed by atoms with E-state index in [1.807, 2.05) is 4.90 Å². The number of carbonyl (C=O) groups is 1. The second-order valence-corrected chi connectivity index (χ2v) is 6.80. The number of alkyl halides is 3. The second-order valence-electron chi connectivity index (χ2n) is 6.80. The Labute approximate surface area is 170 Å². The van der Waals surface area contributed by atoms with Gasteiger partial charge in [0.1, 0.15) is 17.1 Å². The fraction of sp³-hybridized carbons (Fsp3) is 0.350. The van der Waals surface area contributed by atoms with Crippen LogP contribution < -0.4 is 0 Å². The summed E-state index contributed by atoms with van der Waals surface area (Å²) in [5, 5.41) is 3.81. The molecule has 160 valence electrons. The number of methoxy groups -OCH3 is 1. The number of esters is 1. The highest BCUT2D eigenvalue weighted by Crippen LogP contribution is 2.32. The number of hydrogen-bond donors (Lipinski definition) is 0. The number of halogens is 3. The van der Waals surface area contributed by atoms with Gasteiger partial charge in [-0.25, -0.2) is 4.79 Å². The summed E-state index contributed by atoms with van der Waals surface area (Å²) in [7, 11) is 3.08. The number of benzene rings is 1. The van der Waals surface area contributed by atoms with E-state index in [1.165, 1.54) is 19.2 Å². The monoisotopic (exact) mass is 423 g/mol. The Morgan fingerprint density at radius 2 is 2.03 bits per heavy atom. The molecule has 0 saturated heterocycles. The highest BCUT2D eigenvalue weighted by molar-refractivity contribution is 5.90. The molecule has 0 aliphatic carbocycles. The average Bonchev–Trinajstić information content (AvgIpc) is 3.33. The number of aromatic nitrogens is 2. The molecule has 0 radical (unpaired) electrons. The molecule has 10 heteroatoms. The van der Waals surface area contributed by atoms with E-state index >= 15 is 0 Å². The smallest absolute Gasteiger partial charge is 0.416 e. The maximum atomic E-state index is 12.9. The number of carbonyl (C=O) groups excluding carboxylic acids is 1. The molecule has 3 aromatic rings. The van der Waals surface area contributed by atoms with Crippen LogP contribution in [0.25, 0.3) is 11.4 Å². The Hall–Kier alpha value is -3.14. The van der Waals surface area contributed by atoms with Gasteiger partial charge in [0.15, 0.2) is 0 Å². The second kappa shape index (κ2) is 8.31. The molecule has 0 spiro atoms. The zero-order chi connectivity index (χ0) is 22.1. The summed E-state index contributed by atoms with van der Waals surface area (Å²) in [6, 6.07) is 5.98. The van der Waals surface area contributed by atoms with Crippen molar-refractivity contribution < 1.29 is 31.6 Å². The molecular weight excluding hydrogens is 403 g/mol. The maximum Gasteiger partial charge on any atom is 0.416 e. The van der Waals surface area contributed by atoms with Crippen LogP contribution in [0.3, 0.4) is 0 Å². The van der Waals surface area contributed by atoms with Gasteiger partial charge in [0.2, 0.25) is 11.7 Å². The molecule has 3 rings (SSSR count). The van der Waals surface area contributed by atoms with Crippen molar-refractivity contribution in [1.29, 1.82) is 0 Å². The third-order valence-corrected chi connectivity index (χ3v) is 4.69. The SMILES string of the molecule is COC(=O)c1cc(CN(C)C(C)c2nc(-c3cccc(C(F)(F)F)c3)no2)oc1C. The van der Waals surface area contributed by atoms with Crippen LogP contribution in [0.15, 0.2) is 39.3 Å². The molecule has 2 heterocycles. The number of hydrogen-bond acceptors (Lipinski definition) is 7. The average molecular weight is 423 g/mol. The number of aryl methyl sites for hydroxylation is 1. The fourth-order valence-corrected chi connectivity index (χ4v) is 2.86. The number of nitrogens with zero attached hydrogens (tertiary/aromatic N) is 3. The topological polar surface area (TPSA) is 81.6 Å². The summed E-state index contributed by atoms with van der Waals surface area (Å²) in [5.41, 5.74) is -0.233. The van der Waals surface area contributed by atoms with Crippen molar-refractivity contribution in [1.82, 2.24) is 15.0 Å². The minimum absolute atomic E-state index is 0.0678. The van der Waals surface area contributed by atoms with Gasteiger partial charge in [0.05, 0.1) is 25.3 Å². The normalized spacial score (nSPS) is 12.9. The standard InChI is InChI=1S/C20H20F3N3O4/c1-11(26(3)10-15-9-16(12(2)29-15)19(27)28-4)18-24-17(25-30-18)13-6-5-7-14(8-13)20(21,22)23/h5-9,11H,10H2,1-4H3. The van der Waals surface area contributed by atoms with Crippen molar-refractivity contribution in [2.24, 2.45) is 0 Å². The molecule has 0 amide bonds. The van der Waals surface area contributed by atoms with Crippen LogP contribution in [0.2, 0.25) is 0 Å². The molecule has 1 atom stereocenters. The van der Waals surface area contributed by atoms with E-state index in [4.69, 9.17) is 13.7 Å². The molecule has 2 aromatic heterocycles. The highest BCUT2D eigenvalue weighted by Gasteiger charge is 2.31. The van der Waals surface area contributed by atoms with Crippen molar-refractivity contribution in [2.45, 2.75) is 32.6 Å². The number of ether oxygens (including phenoxy) is 1. The largest absolute Gasteiger partial charge is 0.465 e. The lowest BCUT2D eigenvalue weighted by atomic mass is 10.1. The van der Waals surface area contributed by atoms with Gasteiger partial charge in [-0.2, -0.15) is 18.2 Å². The summed E-state index contributed by atoms with van der Waals surface area (Å²) in [6.07, 6.45) is -4.46. The summed E-state index contributed by atoms with van der Waals surface area (Å²) in [5.74, 6) is 0.808. The van der Waals surface area contributed by atoms with Crippen LogP contribution in [0.1, 0.15) is 46.3 Å².